The summed E-state index contributed by atoms with van der Waals surface area (Å²) in [5, 5.41) is 0. The Hall–Kier alpha value is -1.97. The lowest BCUT2D eigenvalue weighted by atomic mass is 9.94. The van der Waals surface area contributed by atoms with E-state index in [-0.39, 0.29) is 18.2 Å². The Balaban J connectivity index is 1.85. The first-order chi connectivity index (χ1) is 10.9. The van der Waals surface area contributed by atoms with Crippen molar-refractivity contribution in [3.8, 4) is 5.75 Å². The summed E-state index contributed by atoms with van der Waals surface area (Å²) in [6, 6.07) is 8.43. The lowest BCUT2D eigenvalue weighted by Crippen LogP contribution is -2.45. The summed E-state index contributed by atoms with van der Waals surface area (Å²) in [7, 11) is 1.70. The number of amides is 1. The van der Waals surface area contributed by atoms with Gasteiger partial charge in [0.15, 0.2) is 0 Å². The summed E-state index contributed by atoms with van der Waals surface area (Å²) < 4.78 is 11.1. The summed E-state index contributed by atoms with van der Waals surface area (Å²) in [4.78, 5) is 14.4. The number of ether oxygens (including phenoxy) is 2. The quantitative estimate of drug-likeness (QED) is 0.819. The zero-order valence-corrected chi connectivity index (χ0v) is 14.3. The Morgan fingerprint density at radius 2 is 1.96 bits per heavy atom. The van der Waals surface area contributed by atoms with Crippen molar-refractivity contribution in [3.05, 3.63) is 35.9 Å². The van der Waals surface area contributed by atoms with Gasteiger partial charge in [0.25, 0.3) is 0 Å². The van der Waals surface area contributed by atoms with Crippen LogP contribution < -0.4 is 4.74 Å². The molecule has 2 unspecified atom stereocenters. The van der Waals surface area contributed by atoms with Gasteiger partial charge in [-0.25, -0.2) is 4.79 Å². The molecule has 3 rings (SSSR count). The fourth-order valence-electron chi connectivity index (χ4n) is 3.54. The number of methoxy groups -OCH3 is 1. The Morgan fingerprint density at radius 3 is 2.61 bits per heavy atom. The summed E-state index contributed by atoms with van der Waals surface area (Å²) in [6.45, 7) is 5.73. The Morgan fingerprint density at radius 1 is 1.22 bits per heavy atom. The molecule has 0 radical (unpaired) electrons. The van der Waals surface area contributed by atoms with E-state index in [0.29, 0.717) is 0 Å². The minimum Gasteiger partial charge on any atom is -0.496 e. The third kappa shape index (κ3) is 3.21. The minimum absolute atomic E-state index is 0.128. The average molecular weight is 315 g/mol. The highest BCUT2D eigenvalue weighted by atomic mass is 16.6. The van der Waals surface area contributed by atoms with Gasteiger partial charge in [0.1, 0.15) is 11.4 Å². The fourth-order valence-corrected chi connectivity index (χ4v) is 3.54. The van der Waals surface area contributed by atoms with Gasteiger partial charge in [0, 0.05) is 11.6 Å². The highest BCUT2D eigenvalue weighted by Gasteiger charge is 2.41. The highest BCUT2D eigenvalue weighted by Crippen LogP contribution is 2.41. The molecule has 0 N–H and O–H groups in total. The predicted octanol–water partition coefficient (Wildman–Crippen LogP) is 4.25. The van der Waals surface area contributed by atoms with Crippen LogP contribution in [0.25, 0.3) is 5.57 Å². The minimum atomic E-state index is -0.455. The van der Waals surface area contributed by atoms with Crippen molar-refractivity contribution >= 4 is 11.7 Å². The number of hydrogen-bond acceptors (Lipinski definition) is 3. The van der Waals surface area contributed by atoms with E-state index in [0.717, 1.165) is 30.6 Å². The van der Waals surface area contributed by atoms with Crippen molar-refractivity contribution < 1.29 is 14.3 Å². The van der Waals surface area contributed by atoms with Crippen LogP contribution in [0, 0.1) is 0 Å². The van der Waals surface area contributed by atoms with Gasteiger partial charge in [0.05, 0.1) is 13.2 Å². The third-order valence-electron chi connectivity index (χ3n) is 4.45. The maximum absolute atomic E-state index is 12.5. The van der Waals surface area contributed by atoms with Gasteiger partial charge in [-0.3, -0.25) is 4.90 Å². The molecule has 124 valence electrons. The summed E-state index contributed by atoms with van der Waals surface area (Å²) in [5.74, 6) is 0.892. The number of carbonyl (C=O) groups excluding carboxylic acids is 1. The van der Waals surface area contributed by atoms with Crippen LogP contribution in [0.3, 0.4) is 0 Å². The molecule has 2 aliphatic rings. The van der Waals surface area contributed by atoms with Crippen LogP contribution in [0.15, 0.2) is 30.3 Å². The van der Waals surface area contributed by atoms with Crippen LogP contribution in [-0.4, -0.2) is 35.8 Å². The molecular weight excluding hydrogens is 290 g/mol. The van der Waals surface area contributed by atoms with Crippen LogP contribution in [0.2, 0.25) is 0 Å². The van der Waals surface area contributed by atoms with Crippen LogP contribution in [0.4, 0.5) is 4.79 Å². The fraction of sp³-hybridized carbons (Fsp3) is 0.526. The zero-order valence-electron chi connectivity index (χ0n) is 14.3. The van der Waals surface area contributed by atoms with Gasteiger partial charge in [0.2, 0.25) is 0 Å². The van der Waals surface area contributed by atoms with E-state index >= 15 is 0 Å². The lowest BCUT2D eigenvalue weighted by Gasteiger charge is -2.35. The molecule has 1 amide bonds. The molecule has 0 spiro atoms. The van der Waals surface area contributed by atoms with E-state index < -0.39 is 5.60 Å². The van der Waals surface area contributed by atoms with E-state index in [1.807, 2.05) is 43.9 Å². The monoisotopic (exact) mass is 315 g/mol. The Bertz CT molecular complexity index is 630. The molecule has 2 aliphatic heterocycles. The van der Waals surface area contributed by atoms with Crippen LogP contribution in [0.5, 0.6) is 5.75 Å². The molecule has 2 atom stereocenters. The highest BCUT2D eigenvalue weighted by molar-refractivity contribution is 5.77. The maximum Gasteiger partial charge on any atom is 0.411 e. The first-order valence-corrected chi connectivity index (χ1v) is 8.24. The molecule has 1 aromatic carbocycles. The van der Waals surface area contributed by atoms with Crippen molar-refractivity contribution in [2.24, 2.45) is 0 Å². The average Bonchev–Trinajstić information content (AvgIpc) is 2.76. The zero-order chi connectivity index (χ0) is 16.6. The van der Waals surface area contributed by atoms with E-state index in [9.17, 15) is 4.79 Å². The van der Waals surface area contributed by atoms with Crippen molar-refractivity contribution in [1.82, 2.24) is 4.90 Å². The number of rotatable bonds is 2. The van der Waals surface area contributed by atoms with Crippen LogP contribution >= 0.6 is 0 Å². The number of fused-ring (bicyclic) bond motifs is 2. The number of benzene rings is 1. The smallest absolute Gasteiger partial charge is 0.411 e. The lowest BCUT2D eigenvalue weighted by molar-refractivity contribution is 0.0175. The molecule has 0 aromatic heterocycles. The molecule has 2 bridgehead atoms. The molecular formula is C19H25NO3. The van der Waals surface area contributed by atoms with E-state index in [1.54, 1.807) is 7.11 Å². The molecule has 1 aromatic rings. The van der Waals surface area contributed by atoms with Crippen molar-refractivity contribution in [2.75, 3.05) is 7.11 Å². The SMILES string of the molecule is COc1ccccc1C1=CC2CCC(C1)N2C(=O)OC(C)(C)C. The standard InChI is InChI=1S/C19H25NO3/c1-19(2,3)23-18(21)20-14-9-10-15(20)12-13(11-14)16-7-5-6-8-17(16)22-4/h5-8,11,14-15H,9-10,12H2,1-4H3. The summed E-state index contributed by atoms with van der Waals surface area (Å²) >= 11 is 0. The second-order valence-electron chi connectivity index (χ2n) is 7.28. The first-order valence-electron chi connectivity index (χ1n) is 8.24. The summed E-state index contributed by atoms with van der Waals surface area (Å²) in [5.41, 5.74) is 1.95. The van der Waals surface area contributed by atoms with Crippen molar-refractivity contribution in [2.45, 2.75) is 57.7 Å². The summed E-state index contributed by atoms with van der Waals surface area (Å²) in [6.07, 6.45) is 4.91. The molecule has 1 fully saturated rings. The number of nitrogens with zero attached hydrogens (tertiary/aromatic N) is 1. The molecule has 0 saturated carbocycles. The second-order valence-corrected chi connectivity index (χ2v) is 7.28. The second kappa shape index (κ2) is 5.91. The molecule has 1 saturated heterocycles. The van der Waals surface area contributed by atoms with Gasteiger partial charge in [-0.15, -0.1) is 0 Å². The van der Waals surface area contributed by atoms with Crippen molar-refractivity contribution in [1.29, 1.82) is 0 Å². The molecule has 0 aliphatic carbocycles. The maximum atomic E-state index is 12.5. The van der Waals surface area contributed by atoms with Crippen molar-refractivity contribution in [3.63, 3.8) is 0 Å². The molecule has 2 heterocycles. The first kappa shape index (κ1) is 15.9. The number of para-hydroxylation sites is 1. The van der Waals surface area contributed by atoms with Gasteiger partial charge >= 0.3 is 6.09 Å². The van der Waals surface area contributed by atoms with Gasteiger partial charge in [-0.05, 0) is 51.7 Å². The molecule has 4 heteroatoms. The topological polar surface area (TPSA) is 38.8 Å². The Labute approximate surface area is 138 Å². The van der Waals surface area contributed by atoms with Crippen LogP contribution in [0.1, 0.15) is 45.6 Å². The van der Waals surface area contributed by atoms with E-state index in [4.69, 9.17) is 9.47 Å². The van der Waals surface area contributed by atoms with Crippen LogP contribution in [-0.2, 0) is 4.74 Å². The van der Waals surface area contributed by atoms with Gasteiger partial charge in [-0.1, -0.05) is 24.3 Å². The third-order valence-corrected chi connectivity index (χ3v) is 4.45. The predicted molar refractivity (Wildman–Crippen MR) is 90.5 cm³/mol. The Kier molecular flexibility index (Phi) is 4.09. The number of hydrogen-bond donors (Lipinski definition) is 0. The van der Waals surface area contributed by atoms with E-state index in [2.05, 4.69) is 12.1 Å². The molecule has 4 nitrogen and oxygen atoms in total. The van der Waals surface area contributed by atoms with E-state index in [1.165, 1.54) is 5.57 Å². The molecule has 23 heavy (non-hydrogen) atoms. The van der Waals surface area contributed by atoms with Gasteiger partial charge < -0.3 is 9.47 Å². The number of carbonyl (C=O) groups is 1. The van der Waals surface area contributed by atoms with Gasteiger partial charge in [-0.2, -0.15) is 0 Å². The normalized spacial score (nSPS) is 23.5. The largest absolute Gasteiger partial charge is 0.496 e.